The van der Waals surface area contributed by atoms with Crippen molar-refractivity contribution in [2.75, 3.05) is 26.2 Å². The zero-order valence-electron chi connectivity index (χ0n) is 13.0. The maximum atomic E-state index is 5.26. The van der Waals surface area contributed by atoms with Gasteiger partial charge in [0.05, 0.1) is 6.54 Å². The largest absolute Gasteiger partial charge is 0.305 e. The minimum absolute atomic E-state index is 0.566. The number of hydrogen-bond acceptors (Lipinski definition) is 2. The van der Waals surface area contributed by atoms with Gasteiger partial charge >= 0.3 is 0 Å². The molecule has 0 aromatic rings. The molecule has 0 aliphatic heterocycles. The van der Waals surface area contributed by atoms with E-state index in [-0.39, 0.29) is 0 Å². The summed E-state index contributed by atoms with van der Waals surface area (Å²) < 4.78 is 0. The van der Waals surface area contributed by atoms with Crippen LogP contribution in [0, 0.1) is 24.2 Å². The summed E-state index contributed by atoms with van der Waals surface area (Å²) in [4.78, 5) is 2.60. The smallest absolute Gasteiger partial charge is 0.0574 e. The monoisotopic (exact) mass is 252 g/mol. The predicted molar refractivity (Wildman–Crippen MR) is 81.6 cm³/mol. The second-order valence-electron chi connectivity index (χ2n) is 6.09. The van der Waals surface area contributed by atoms with Gasteiger partial charge in [-0.2, -0.15) is 0 Å². The Hall–Kier alpha value is -0.520. The maximum Gasteiger partial charge on any atom is 0.0574 e. The lowest BCUT2D eigenvalue weighted by Crippen LogP contribution is -2.42. The van der Waals surface area contributed by atoms with Gasteiger partial charge in [-0.05, 0) is 44.7 Å². The van der Waals surface area contributed by atoms with Crippen molar-refractivity contribution < 1.29 is 0 Å². The SMILES string of the molecule is C#CCNCC(C)N(CCC(C)C)CCC(C)C. The minimum atomic E-state index is 0.566. The molecule has 0 aliphatic rings. The summed E-state index contributed by atoms with van der Waals surface area (Å²) in [6.45, 7) is 15.5. The van der Waals surface area contributed by atoms with Crippen LogP contribution in [0.1, 0.15) is 47.5 Å². The normalized spacial score (nSPS) is 13.3. The van der Waals surface area contributed by atoms with Gasteiger partial charge in [-0.25, -0.2) is 0 Å². The van der Waals surface area contributed by atoms with Crippen molar-refractivity contribution in [1.29, 1.82) is 0 Å². The van der Waals surface area contributed by atoms with Gasteiger partial charge in [0.2, 0.25) is 0 Å². The summed E-state index contributed by atoms with van der Waals surface area (Å²) in [6, 6.07) is 0.566. The van der Waals surface area contributed by atoms with E-state index in [1.54, 1.807) is 0 Å². The maximum absolute atomic E-state index is 5.26. The first-order valence-corrected chi connectivity index (χ1v) is 7.35. The Labute approximate surface area is 115 Å². The van der Waals surface area contributed by atoms with Gasteiger partial charge < -0.3 is 5.32 Å². The highest BCUT2D eigenvalue weighted by Gasteiger charge is 2.14. The molecule has 0 saturated carbocycles. The molecule has 0 aliphatic carbocycles. The lowest BCUT2D eigenvalue weighted by Gasteiger charge is -2.30. The van der Waals surface area contributed by atoms with Crippen LogP contribution in [0.2, 0.25) is 0 Å². The van der Waals surface area contributed by atoms with Gasteiger partial charge in [0, 0.05) is 12.6 Å². The van der Waals surface area contributed by atoms with Gasteiger partial charge in [-0.1, -0.05) is 33.6 Å². The van der Waals surface area contributed by atoms with Crippen molar-refractivity contribution in [3.63, 3.8) is 0 Å². The van der Waals surface area contributed by atoms with Crippen molar-refractivity contribution in [3.05, 3.63) is 0 Å². The van der Waals surface area contributed by atoms with Gasteiger partial charge in [-0.3, -0.25) is 4.90 Å². The average Bonchev–Trinajstić information content (AvgIpc) is 2.28. The fourth-order valence-electron chi connectivity index (χ4n) is 1.88. The Balaban J connectivity index is 4.12. The Morgan fingerprint density at radius 3 is 1.89 bits per heavy atom. The first kappa shape index (κ1) is 17.5. The minimum Gasteiger partial charge on any atom is -0.305 e. The van der Waals surface area contributed by atoms with E-state index in [4.69, 9.17) is 6.42 Å². The van der Waals surface area contributed by atoms with Crippen LogP contribution >= 0.6 is 0 Å². The topological polar surface area (TPSA) is 15.3 Å². The molecule has 1 atom stereocenters. The fourth-order valence-corrected chi connectivity index (χ4v) is 1.88. The molecule has 0 rings (SSSR count). The highest BCUT2D eigenvalue weighted by atomic mass is 15.2. The molecule has 0 radical (unpaired) electrons. The molecule has 0 bridgehead atoms. The Morgan fingerprint density at radius 1 is 1.00 bits per heavy atom. The Bertz CT molecular complexity index is 216. The number of hydrogen-bond donors (Lipinski definition) is 1. The number of terminal acetylenes is 1. The molecule has 1 N–H and O–H groups in total. The molecule has 0 heterocycles. The quantitative estimate of drug-likeness (QED) is 0.475. The molecular formula is C16H32N2. The molecule has 0 saturated heterocycles. The zero-order valence-corrected chi connectivity index (χ0v) is 13.0. The molecular weight excluding hydrogens is 220 g/mol. The van der Waals surface area contributed by atoms with E-state index >= 15 is 0 Å². The Kier molecular flexibility index (Phi) is 10.1. The predicted octanol–water partition coefficient (Wildman–Crippen LogP) is 2.99. The first-order chi connectivity index (χ1) is 8.47. The third-order valence-corrected chi connectivity index (χ3v) is 3.28. The lowest BCUT2D eigenvalue weighted by molar-refractivity contribution is 0.185. The van der Waals surface area contributed by atoms with E-state index in [9.17, 15) is 0 Å². The average molecular weight is 252 g/mol. The van der Waals surface area contributed by atoms with Crippen LogP contribution in [-0.4, -0.2) is 37.1 Å². The van der Waals surface area contributed by atoms with Crippen LogP contribution in [0.4, 0.5) is 0 Å². The standard InChI is InChI=1S/C16H32N2/c1-7-10-17-13-16(6)18(11-8-14(2)3)12-9-15(4)5/h1,14-17H,8-13H2,2-6H3. The summed E-state index contributed by atoms with van der Waals surface area (Å²) in [5.74, 6) is 4.18. The molecule has 0 aromatic heterocycles. The van der Waals surface area contributed by atoms with Gasteiger partial charge in [0.1, 0.15) is 0 Å². The van der Waals surface area contributed by atoms with E-state index in [2.05, 4.69) is 50.8 Å². The van der Waals surface area contributed by atoms with Crippen molar-refractivity contribution in [2.24, 2.45) is 11.8 Å². The van der Waals surface area contributed by atoms with Crippen LogP contribution in [0.15, 0.2) is 0 Å². The van der Waals surface area contributed by atoms with Gasteiger partial charge in [-0.15, -0.1) is 6.42 Å². The van der Waals surface area contributed by atoms with E-state index in [0.717, 1.165) is 18.4 Å². The second-order valence-corrected chi connectivity index (χ2v) is 6.09. The van der Waals surface area contributed by atoms with Crippen LogP contribution in [-0.2, 0) is 0 Å². The molecule has 2 heteroatoms. The molecule has 2 nitrogen and oxygen atoms in total. The summed E-state index contributed by atoms with van der Waals surface area (Å²) in [5.41, 5.74) is 0. The summed E-state index contributed by atoms with van der Waals surface area (Å²) in [5, 5.41) is 3.31. The number of nitrogens with zero attached hydrogens (tertiary/aromatic N) is 1. The zero-order chi connectivity index (χ0) is 14.0. The molecule has 0 fully saturated rings. The van der Waals surface area contributed by atoms with Crippen LogP contribution in [0.25, 0.3) is 0 Å². The third kappa shape index (κ3) is 9.50. The summed E-state index contributed by atoms with van der Waals surface area (Å²) >= 11 is 0. The van der Waals surface area contributed by atoms with Crippen molar-refractivity contribution in [2.45, 2.75) is 53.5 Å². The van der Waals surface area contributed by atoms with Crippen LogP contribution in [0.3, 0.4) is 0 Å². The fraction of sp³-hybridized carbons (Fsp3) is 0.875. The van der Waals surface area contributed by atoms with Crippen molar-refractivity contribution in [3.8, 4) is 12.3 Å². The molecule has 106 valence electrons. The Morgan fingerprint density at radius 2 is 1.50 bits per heavy atom. The molecule has 18 heavy (non-hydrogen) atoms. The molecule has 0 aromatic carbocycles. The second kappa shape index (κ2) is 10.4. The van der Waals surface area contributed by atoms with E-state index in [0.29, 0.717) is 12.6 Å². The highest BCUT2D eigenvalue weighted by molar-refractivity contribution is 4.87. The van der Waals surface area contributed by atoms with Crippen LogP contribution in [0.5, 0.6) is 0 Å². The van der Waals surface area contributed by atoms with E-state index < -0.39 is 0 Å². The number of nitrogens with one attached hydrogen (secondary N) is 1. The van der Waals surface area contributed by atoms with Gasteiger partial charge in [0.15, 0.2) is 0 Å². The lowest BCUT2D eigenvalue weighted by atomic mass is 10.1. The van der Waals surface area contributed by atoms with E-state index in [1.165, 1.54) is 25.9 Å². The molecule has 0 spiro atoms. The summed E-state index contributed by atoms with van der Waals surface area (Å²) in [7, 11) is 0. The number of rotatable bonds is 10. The molecule has 1 unspecified atom stereocenters. The van der Waals surface area contributed by atoms with Gasteiger partial charge in [0.25, 0.3) is 0 Å². The summed E-state index contributed by atoms with van der Waals surface area (Å²) in [6.07, 6.45) is 7.81. The van der Waals surface area contributed by atoms with Crippen LogP contribution < -0.4 is 5.32 Å². The van der Waals surface area contributed by atoms with Crippen molar-refractivity contribution in [1.82, 2.24) is 10.2 Å². The van der Waals surface area contributed by atoms with Crippen molar-refractivity contribution >= 4 is 0 Å². The third-order valence-electron chi connectivity index (χ3n) is 3.28. The highest BCUT2D eigenvalue weighted by Crippen LogP contribution is 2.09. The molecule has 0 amide bonds. The van der Waals surface area contributed by atoms with E-state index in [1.807, 2.05) is 0 Å². The first-order valence-electron chi connectivity index (χ1n) is 7.35.